The summed E-state index contributed by atoms with van der Waals surface area (Å²) >= 11 is 0. The number of rotatable bonds is 12. The minimum atomic E-state index is 0.346. The Hall–Kier alpha value is -3.12. The van der Waals surface area contributed by atoms with Crippen LogP contribution in [0.25, 0.3) is 0 Å². The lowest BCUT2D eigenvalue weighted by Crippen LogP contribution is -2.39. The Morgan fingerprint density at radius 3 is 2.47 bits per heavy atom. The van der Waals surface area contributed by atoms with E-state index in [9.17, 15) is 0 Å². The summed E-state index contributed by atoms with van der Waals surface area (Å²) in [6, 6.07) is 20.7. The summed E-state index contributed by atoms with van der Waals surface area (Å²) in [6.07, 6.45) is 4.74. The van der Waals surface area contributed by atoms with Crippen LogP contribution in [0.15, 0.2) is 78.0 Å². The van der Waals surface area contributed by atoms with E-state index >= 15 is 0 Å². The maximum atomic E-state index is 5.84. The molecule has 2 N–H and O–H groups in total. The average Bonchev–Trinajstić information content (AvgIpc) is 3.25. The standard InChI is InChI=1S/C26H35N5O/c1-3-27-26(30-18-22(2)20-32-21-24-12-8-5-9-13-24)29-15-14-25-28-16-17-31(25)19-23-10-6-4-7-11-23/h4-13,16-17,22H,3,14-15,18-21H2,1-2H3,(H2,27,29,30). The molecule has 1 unspecified atom stereocenters. The van der Waals surface area contributed by atoms with Crippen molar-refractivity contribution in [2.24, 2.45) is 10.9 Å². The van der Waals surface area contributed by atoms with Crippen LogP contribution in [-0.4, -0.2) is 41.8 Å². The lowest BCUT2D eigenvalue weighted by atomic mass is 10.2. The van der Waals surface area contributed by atoms with Crippen molar-refractivity contribution in [3.8, 4) is 0 Å². The van der Waals surface area contributed by atoms with Crippen LogP contribution in [0.2, 0.25) is 0 Å². The number of hydrogen-bond donors (Lipinski definition) is 2. The summed E-state index contributed by atoms with van der Waals surface area (Å²) in [5.41, 5.74) is 2.47. The van der Waals surface area contributed by atoms with Gasteiger partial charge in [-0.25, -0.2) is 4.98 Å². The second-order valence-corrected chi connectivity index (χ2v) is 7.96. The van der Waals surface area contributed by atoms with Crippen LogP contribution in [0.1, 0.15) is 30.8 Å². The Labute approximate surface area is 191 Å². The van der Waals surface area contributed by atoms with Crippen molar-refractivity contribution in [1.82, 2.24) is 20.2 Å². The summed E-state index contributed by atoms with van der Waals surface area (Å²) in [4.78, 5) is 9.27. The zero-order valence-electron chi connectivity index (χ0n) is 19.2. The summed E-state index contributed by atoms with van der Waals surface area (Å²) in [6.45, 7) is 8.73. The Balaban J connectivity index is 1.42. The Kier molecular flexibility index (Phi) is 9.80. The van der Waals surface area contributed by atoms with E-state index < -0.39 is 0 Å². The van der Waals surface area contributed by atoms with Crippen molar-refractivity contribution in [3.05, 3.63) is 90.0 Å². The van der Waals surface area contributed by atoms with Crippen LogP contribution >= 0.6 is 0 Å². The number of benzene rings is 2. The zero-order valence-corrected chi connectivity index (χ0v) is 19.2. The van der Waals surface area contributed by atoms with E-state index in [0.29, 0.717) is 25.7 Å². The van der Waals surface area contributed by atoms with Gasteiger partial charge in [-0.15, -0.1) is 0 Å². The molecule has 0 aliphatic carbocycles. The van der Waals surface area contributed by atoms with Crippen LogP contribution in [0.3, 0.4) is 0 Å². The molecule has 170 valence electrons. The van der Waals surface area contributed by atoms with Gasteiger partial charge in [-0.2, -0.15) is 0 Å². The maximum Gasteiger partial charge on any atom is 0.191 e. The molecule has 2 aromatic carbocycles. The molecule has 0 aliphatic rings. The van der Waals surface area contributed by atoms with E-state index in [-0.39, 0.29) is 0 Å². The van der Waals surface area contributed by atoms with Gasteiger partial charge in [0, 0.05) is 45.0 Å². The molecule has 3 rings (SSSR count). The second kappa shape index (κ2) is 13.3. The first-order valence-electron chi connectivity index (χ1n) is 11.4. The second-order valence-electron chi connectivity index (χ2n) is 7.96. The van der Waals surface area contributed by atoms with Gasteiger partial charge in [-0.1, -0.05) is 67.6 Å². The molecule has 3 aromatic rings. The monoisotopic (exact) mass is 433 g/mol. The van der Waals surface area contributed by atoms with Gasteiger partial charge in [0.15, 0.2) is 5.96 Å². The molecule has 0 spiro atoms. The van der Waals surface area contributed by atoms with E-state index in [1.54, 1.807) is 0 Å². The molecule has 0 saturated heterocycles. The third-order valence-corrected chi connectivity index (χ3v) is 5.06. The zero-order chi connectivity index (χ0) is 22.4. The summed E-state index contributed by atoms with van der Waals surface area (Å²) in [7, 11) is 0. The average molecular weight is 434 g/mol. The van der Waals surface area contributed by atoms with Gasteiger partial charge in [0.1, 0.15) is 5.82 Å². The van der Waals surface area contributed by atoms with Gasteiger partial charge in [-0.05, 0) is 24.0 Å². The van der Waals surface area contributed by atoms with E-state index in [1.165, 1.54) is 11.1 Å². The highest BCUT2D eigenvalue weighted by Crippen LogP contribution is 2.06. The summed E-state index contributed by atoms with van der Waals surface area (Å²) < 4.78 is 8.05. The molecular weight excluding hydrogens is 398 g/mol. The molecule has 0 bridgehead atoms. The molecule has 1 heterocycles. The topological polar surface area (TPSA) is 63.5 Å². The minimum Gasteiger partial charge on any atom is -0.376 e. The molecule has 0 radical (unpaired) electrons. The molecular formula is C26H35N5O. The van der Waals surface area contributed by atoms with E-state index in [4.69, 9.17) is 9.73 Å². The van der Waals surface area contributed by atoms with Crippen molar-refractivity contribution in [2.75, 3.05) is 26.2 Å². The van der Waals surface area contributed by atoms with Gasteiger partial charge in [0.25, 0.3) is 0 Å². The molecule has 0 aliphatic heterocycles. The third kappa shape index (κ3) is 8.19. The molecule has 0 saturated carbocycles. The number of aromatic nitrogens is 2. The number of ether oxygens (including phenoxy) is 1. The highest BCUT2D eigenvalue weighted by Gasteiger charge is 2.06. The molecule has 0 fully saturated rings. The number of nitrogens with one attached hydrogen (secondary N) is 2. The normalized spacial score (nSPS) is 12.5. The number of imidazole rings is 1. The SMILES string of the molecule is CCNC(=NCC(C)COCc1ccccc1)NCCc1nccn1Cc1ccccc1. The lowest BCUT2D eigenvalue weighted by molar-refractivity contribution is 0.0945. The molecule has 0 amide bonds. The van der Waals surface area contributed by atoms with Gasteiger partial charge >= 0.3 is 0 Å². The minimum absolute atomic E-state index is 0.346. The third-order valence-electron chi connectivity index (χ3n) is 5.06. The summed E-state index contributed by atoms with van der Waals surface area (Å²) in [5.74, 6) is 2.25. The molecule has 1 atom stereocenters. The van der Waals surface area contributed by atoms with Gasteiger partial charge in [0.05, 0.1) is 13.2 Å². The van der Waals surface area contributed by atoms with Crippen LogP contribution in [0.4, 0.5) is 0 Å². The van der Waals surface area contributed by atoms with Gasteiger partial charge in [-0.3, -0.25) is 4.99 Å². The van der Waals surface area contributed by atoms with Crippen LogP contribution in [-0.2, 0) is 24.3 Å². The van der Waals surface area contributed by atoms with Crippen molar-refractivity contribution < 1.29 is 4.74 Å². The van der Waals surface area contributed by atoms with E-state index in [1.807, 2.05) is 36.7 Å². The number of hydrogen-bond acceptors (Lipinski definition) is 3. The predicted octanol–water partition coefficient (Wildman–Crippen LogP) is 3.88. The van der Waals surface area contributed by atoms with E-state index in [2.05, 4.69) is 70.4 Å². The molecule has 6 heteroatoms. The van der Waals surface area contributed by atoms with Crippen molar-refractivity contribution >= 4 is 5.96 Å². The fourth-order valence-electron chi connectivity index (χ4n) is 3.38. The van der Waals surface area contributed by atoms with Crippen LogP contribution < -0.4 is 10.6 Å². The lowest BCUT2D eigenvalue weighted by Gasteiger charge is -2.14. The predicted molar refractivity (Wildman–Crippen MR) is 131 cm³/mol. The number of aliphatic imine (C=N–C) groups is 1. The first-order valence-corrected chi connectivity index (χ1v) is 11.4. The fraction of sp³-hybridized carbons (Fsp3) is 0.385. The number of guanidine groups is 1. The van der Waals surface area contributed by atoms with E-state index in [0.717, 1.165) is 37.8 Å². The highest BCUT2D eigenvalue weighted by atomic mass is 16.5. The maximum absolute atomic E-state index is 5.84. The first-order chi connectivity index (χ1) is 15.7. The number of nitrogens with zero attached hydrogens (tertiary/aromatic N) is 3. The van der Waals surface area contributed by atoms with Crippen LogP contribution in [0.5, 0.6) is 0 Å². The highest BCUT2D eigenvalue weighted by molar-refractivity contribution is 5.79. The molecule has 32 heavy (non-hydrogen) atoms. The fourth-order valence-corrected chi connectivity index (χ4v) is 3.38. The van der Waals surface area contributed by atoms with Crippen molar-refractivity contribution in [3.63, 3.8) is 0 Å². The van der Waals surface area contributed by atoms with Gasteiger partial charge < -0.3 is 19.9 Å². The smallest absolute Gasteiger partial charge is 0.191 e. The Morgan fingerprint density at radius 1 is 1.03 bits per heavy atom. The van der Waals surface area contributed by atoms with Crippen molar-refractivity contribution in [1.29, 1.82) is 0 Å². The first kappa shape index (κ1) is 23.5. The van der Waals surface area contributed by atoms with Crippen LogP contribution in [0, 0.1) is 5.92 Å². The quantitative estimate of drug-likeness (QED) is 0.336. The summed E-state index contributed by atoms with van der Waals surface area (Å²) in [5, 5.41) is 6.76. The largest absolute Gasteiger partial charge is 0.376 e. The Bertz CT molecular complexity index is 924. The molecule has 6 nitrogen and oxygen atoms in total. The van der Waals surface area contributed by atoms with Gasteiger partial charge in [0.2, 0.25) is 0 Å². The van der Waals surface area contributed by atoms with Crippen molar-refractivity contribution in [2.45, 2.75) is 33.4 Å². The Morgan fingerprint density at radius 2 is 1.75 bits per heavy atom. The molecule has 1 aromatic heterocycles.